The number of para-hydroxylation sites is 1. The van der Waals surface area contributed by atoms with Crippen molar-refractivity contribution in [1.82, 2.24) is 10.3 Å². The predicted molar refractivity (Wildman–Crippen MR) is 120 cm³/mol. The zero-order chi connectivity index (χ0) is 22.0. The van der Waals surface area contributed by atoms with Gasteiger partial charge in [-0.3, -0.25) is 9.59 Å². The standard InChI is InChI=1S/C23H22N2O5S/c1-28-19-10-13(11-20(29-2)21(19)30-3)18-12-15(14-6-4-5-7-16(14)24-18)22(26)25-17-8-9-31-23(17)27/h4-7,10-12,17H,8-9H2,1-3H3,(H,25,26)/t17-/m1/s1. The molecule has 1 amide bonds. The van der Waals surface area contributed by atoms with Gasteiger partial charge in [0.15, 0.2) is 11.5 Å². The number of fused-ring (bicyclic) bond motifs is 1. The molecule has 1 aliphatic heterocycles. The number of carbonyl (C=O) groups excluding carboxylic acids is 2. The molecular weight excluding hydrogens is 416 g/mol. The van der Waals surface area contributed by atoms with E-state index >= 15 is 0 Å². The van der Waals surface area contributed by atoms with Crippen LogP contribution in [0.3, 0.4) is 0 Å². The first-order chi connectivity index (χ1) is 15.0. The van der Waals surface area contributed by atoms with Crippen molar-refractivity contribution in [2.24, 2.45) is 0 Å². The lowest BCUT2D eigenvalue weighted by atomic mass is 10.0. The molecule has 8 heteroatoms. The number of pyridine rings is 1. The van der Waals surface area contributed by atoms with Crippen LogP contribution in [0.1, 0.15) is 16.8 Å². The molecule has 4 rings (SSSR count). The summed E-state index contributed by atoms with van der Waals surface area (Å²) in [6, 6.07) is 12.3. The van der Waals surface area contributed by atoms with Crippen LogP contribution in [0.2, 0.25) is 0 Å². The van der Waals surface area contributed by atoms with Crippen molar-refractivity contribution in [2.75, 3.05) is 27.1 Å². The molecule has 1 atom stereocenters. The fraction of sp³-hybridized carbons (Fsp3) is 0.261. The molecule has 31 heavy (non-hydrogen) atoms. The molecule has 1 aliphatic rings. The van der Waals surface area contributed by atoms with E-state index in [9.17, 15) is 9.59 Å². The summed E-state index contributed by atoms with van der Waals surface area (Å²) in [6.07, 6.45) is 0.637. The molecule has 1 N–H and O–H groups in total. The number of benzene rings is 2. The Morgan fingerprint density at radius 3 is 2.39 bits per heavy atom. The number of amides is 1. The minimum atomic E-state index is -0.464. The van der Waals surface area contributed by atoms with Crippen LogP contribution < -0.4 is 19.5 Å². The Bertz CT molecular complexity index is 1140. The Morgan fingerprint density at radius 2 is 1.77 bits per heavy atom. The average Bonchev–Trinajstić information content (AvgIpc) is 3.21. The highest BCUT2D eigenvalue weighted by Crippen LogP contribution is 2.41. The fourth-order valence-corrected chi connectivity index (χ4v) is 4.54. The van der Waals surface area contributed by atoms with E-state index in [1.165, 1.54) is 11.8 Å². The third-order valence-corrected chi connectivity index (χ3v) is 6.17. The quantitative estimate of drug-likeness (QED) is 0.628. The minimum absolute atomic E-state index is 0.00318. The molecule has 7 nitrogen and oxygen atoms in total. The highest BCUT2D eigenvalue weighted by atomic mass is 32.2. The van der Waals surface area contributed by atoms with Gasteiger partial charge >= 0.3 is 0 Å². The molecule has 1 aromatic heterocycles. The van der Waals surface area contributed by atoms with Crippen molar-refractivity contribution in [3.05, 3.63) is 48.0 Å². The SMILES string of the molecule is COc1cc(-c2cc(C(=O)N[C@@H]3CCSC3=O)c3ccccc3n2)cc(OC)c1OC. The molecule has 2 heterocycles. The summed E-state index contributed by atoms with van der Waals surface area (Å²) in [7, 11) is 4.63. The molecule has 0 spiro atoms. The first-order valence-corrected chi connectivity index (χ1v) is 10.7. The molecule has 0 unspecified atom stereocenters. The summed E-state index contributed by atoms with van der Waals surface area (Å²) in [6.45, 7) is 0. The number of nitrogens with zero attached hydrogens (tertiary/aromatic N) is 1. The maximum absolute atomic E-state index is 13.1. The molecule has 1 saturated heterocycles. The van der Waals surface area contributed by atoms with Crippen LogP contribution in [0, 0.1) is 0 Å². The van der Waals surface area contributed by atoms with E-state index in [1.807, 2.05) is 24.3 Å². The van der Waals surface area contributed by atoms with E-state index in [0.717, 1.165) is 5.75 Å². The third kappa shape index (κ3) is 4.03. The molecule has 0 bridgehead atoms. The number of thioether (sulfide) groups is 1. The summed E-state index contributed by atoms with van der Waals surface area (Å²) in [4.78, 5) is 29.9. The maximum atomic E-state index is 13.1. The lowest BCUT2D eigenvalue weighted by Crippen LogP contribution is -2.37. The summed E-state index contributed by atoms with van der Waals surface area (Å²) < 4.78 is 16.3. The van der Waals surface area contributed by atoms with Crippen molar-refractivity contribution >= 4 is 33.7 Å². The molecule has 0 aliphatic carbocycles. The van der Waals surface area contributed by atoms with E-state index in [2.05, 4.69) is 5.32 Å². The van der Waals surface area contributed by atoms with Gasteiger partial charge in [-0.15, -0.1) is 0 Å². The highest BCUT2D eigenvalue weighted by Gasteiger charge is 2.28. The summed E-state index contributed by atoms with van der Waals surface area (Å²) >= 11 is 1.25. The largest absolute Gasteiger partial charge is 0.493 e. The van der Waals surface area contributed by atoms with E-state index in [4.69, 9.17) is 19.2 Å². The number of aromatic nitrogens is 1. The van der Waals surface area contributed by atoms with Crippen molar-refractivity contribution in [3.63, 3.8) is 0 Å². The topological polar surface area (TPSA) is 86.8 Å². The van der Waals surface area contributed by atoms with Crippen LogP contribution in [0.25, 0.3) is 22.2 Å². The second-order valence-electron chi connectivity index (χ2n) is 6.97. The van der Waals surface area contributed by atoms with E-state index in [1.54, 1.807) is 39.5 Å². The maximum Gasteiger partial charge on any atom is 0.252 e. The number of rotatable bonds is 6. The number of hydrogen-bond donors (Lipinski definition) is 1. The van der Waals surface area contributed by atoms with E-state index < -0.39 is 6.04 Å². The smallest absolute Gasteiger partial charge is 0.252 e. The zero-order valence-electron chi connectivity index (χ0n) is 17.4. The highest BCUT2D eigenvalue weighted by molar-refractivity contribution is 8.14. The lowest BCUT2D eigenvalue weighted by Gasteiger charge is -2.16. The molecule has 0 radical (unpaired) electrons. The van der Waals surface area contributed by atoms with Gasteiger partial charge in [-0.1, -0.05) is 30.0 Å². The van der Waals surface area contributed by atoms with Crippen LogP contribution in [0.15, 0.2) is 42.5 Å². The first kappa shape index (κ1) is 21.0. The van der Waals surface area contributed by atoms with Crippen molar-refractivity contribution < 1.29 is 23.8 Å². The summed E-state index contributed by atoms with van der Waals surface area (Å²) in [5.41, 5.74) is 2.42. The van der Waals surface area contributed by atoms with Gasteiger partial charge in [-0.2, -0.15) is 0 Å². The van der Waals surface area contributed by atoms with Crippen LogP contribution >= 0.6 is 11.8 Å². The second-order valence-corrected chi connectivity index (χ2v) is 8.07. The van der Waals surface area contributed by atoms with Gasteiger partial charge in [-0.25, -0.2) is 4.98 Å². The zero-order valence-corrected chi connectivity index (χ0v) is 18.2. The van der Waals surface area contributed by atoms with Gasteiger partial charge in [0, 0.05) is 16.7 Å². The van der Waals surface area contributed by atoms with Crippen LogP contribution in [-0.4, -0.2) is 49.1 Å². The Labute approximate surface area is 184 Å². The Morgan fingerprint density at radius 1 is 1.06 bits per heavy atom. The van der Waals surface area contributed by atoms with Gasteiger partial charge in [0.25, 0.3) is 5.91 Å². The van der Waals surface area contributed by atoms with Gasteiger partial charge in [0.1, 0.15) is 0 Å². The van der Waals surface area contributed by atoms with E-state index in [-0.39, 0.29) is 11.0 Å². The van der Waals surface area contributed by atoms with Gasteiger partial charge in [0.05, 0.1) is 44.1 Å². The minimum Gasteiger partial charge on any atom is -0.493 e. The average molecular weight is 439 g/mol. The molecular formula is C23H22N2O5S. The molecule has 1 fully saturated rings. The first-order valence-electron chi connectivity index (χ1n) is 9.73. The van der Waals surface area contributed by atoms with Gasteiger partial charge in [0.2, 0.25) is 10.9 Å². The number of ether oxygens (including phenoxy) is 3. The summed E-state index contributed by atoms with van der Waals surface area (Å²) in [5.74, 6) is 1.88. The number of carbonyl (C=O) groups is 2. The van der Waals surface area contributed by atoms with Crippen LogP contribution in [0.4, 0.5) is 0 Å². The van der Waals surface area contributed by atoms with Crippen molar-refractivity contribution in [3.8, 4) is 28.5 Å². The second kappa shape index (κ2) is 8.85. The Kier molecular flexibility index (Phi) is 5.99. The Hall–Kier alpha value is -3.26. The molecule has 0 saturated carbocycles. The van der Waals surface area contributed by atoms with Crippen molar-refractivity contribution in [1.29, 1.82) is 0 Å². The summed E-state index contributed by atoms with van der Waals surface area (Å²) in [5, 5.41) is 3.59. The monoisotopic (exact) mass is 438 g/mol. The van der Waals surface area contributed by atoms with Gasteiger partial charge in [-0.05, 0) is 30.7 Å². The fourth-order valence-electron chi connectivity index (χ4n) is 3.60. The molecule has 3 aromatic rings. The van der Waals surface area contributed by atoms with Gasteiger partial charge < -0.3 is 19.5 Å². The molecule has 2 aromatic carbocycles. The van der Waals surface area contributed by atoms with E-state index in [0.29, 0.717) is 51.4 Å². The Balaban J connectivity index is 1.83. The lowest BCUT2D eigenvalue weighted by molar-refractivity contribution is -0.112. The van der Waals surface area contributed by atoms with Crippen LogP contribution in [-0.2, 0) is 4.79 Å². The van der Waals surface area contributed by atoms with Crippen LogP contribution in [0.5, 0.6) is 17.2 Å². The number of nitrogens with one attached hydrogen (secondary N) is 1. The normalized spacial score (nSPS) is 15.7. The number of methoxy groups -OCH3 is 3. The molecule has 160 valence electrons. The number of hydrogen-bond acceptors (Lipinski definition) is 7. The predicted octanol–water partition coefficient (Wildman–Crippen LogP) is 3.69. The van der Waals surface area contributed by atoms with Crippen molar-refractivity contribution in [2.45, 2.75) is 12.5 Å². The third-order valence-electron chi connectivity index (χ3n) is 5.16.